The molecule has 1 atom stereocenters. The van der Waals surface area contributed by atoms with Crippen molar-refractivity contribution in [3.8, 4) is 5.69 Å². The van der Waals surface area contributed by atoms with Crippen molar-refractivity contribution in [3.05, 3.63) is 47.8 Å². The zero-order valence-corrected chi connectivity index (χ0v) is 16.5. The standard InChI is InChI=1S/C21H30N4O2/c1-4-19-18(14-23-25(19)17-8-6-5-7-9-17)21(26)22-15-20(16(2)3)24-10-12-27-13-11-24/h5-9,14,16,20H,4,10-13,15H2,1-3H3,(H,22,26). The molecule has 1 unspecified atom stereocenters. The van der Waals surface area contributed by atoms with E-state index in [1.54, 1.807) is 6.20 Å². The third kappa shape index (κ3) is 4.57. The van der Waals surface area contributed by atoms with Gasteiger partial charge < -0.3 is 10.1 Å². The van der Waals surface area contributed by atoms with Crippen molar-refractivity contribution in [3.63, 3.8) is 0 Å². The Labute approximate surface area is 161 Å². The second-order valence-electron chi connectivity index (χ2n) is 7.28. The maximum Gasteiger partial charge on any atom is 0.254 e. The summed E-state index contributed by atoms with van der Waals surface area (Å²) in [5.74, 6) is 0.411. The number of nitrogens with zero attached hydrogens (tertiary/aromatic N) is 3. The molecular weight excluding hydrogens is 340 g/mol. The highest BCUT2D eigenvalue weighted by molar-refractivity contribution is 5.95. The van der Waals surface area contributed by atoms with Crippen LogP contribution in [0.2, 0.25) is 0 Å². The summed E-state index contributed by atoms with van der Waals surface area (Å²) in [6, 6.07) is 10.2. The SMILES string of the molecule is CCc1c(C(=O)NCC(C(C)C)N2CCOCC2)cnn1-c1ccccc1. The van der Waals surface area contributed by atoms with Crippen LogP contribution in [0.25, 0.3) is 5.69 Å². The van der Waals surface area contributed by atoms with Crippen LogP contribution in [-0.2, 0) is 11.2 Å². The number of aromatic nitrogens is 2. The van der Waals surface area contributed by atoms with Crippen molar-refractivity contribution < 1.29 is 9.53 Å². The van der Waals surface area contributed by atoms with Crippen molar-refractivity contribution in [1.29, 1.82) is 0 Å². The lowest BCUT2D eigenvalue weighted by Crippen LogP contribution is -2.51. The van der Waals surface area contributed by atoms with Crippen molar-refractivity contribution in [2.75, 3.05) is 32.8 Å². The second-order valence-corrected chi connectivity index (χ2v) is 7.28. The Hall–Kier alpha value is -2.18. The van der Waals surface area contributed by atoms with Gasteiger partial charge in [-0.2, -0.15) is 5.10 Å². The molecule has 1 aliphatic rings. The van der Waals surface area contributed by atoms with Crippen LogP contribution in [-0.4, -0.2) is 59.5 Å². The highest BCUT2D eigenvalue weighted by Crippen LogP contribution is 2.17. The van der Waals surface area contributed by atoms with Gasteiger partial charge in [0.1, 0.15) is 0 Å². The Morgan fingerprint density at radius 3 is 2.56 bits per heavy atom. The quantitative estimate of drug-likeness (QED) is 0.814. The van der Waals surface area contributed by atoms with E-state index in [0.29, 0.717) is 24.1 Å². The third-order valence-electron chi connectivity index (χ3n) is 5.21. The van der Waals surface area contributed by atoms with Crippen LogP contribution in [0, 0.1) is 5.92 Å². The molecule has 0 aliphatic carbocycles. The van der Waals surface area contributed by atoms with Gasteiger partial charge in [-0.15, -0.1) is 0 Å². The Balaban J connectivity index is 1.71. The van der Waals surface area contributed by atoms with Crippen molar-refractivity contribution in [1.82, 2.24) is 20.0 Å². The molecule has 1 saturated heterocycles. The van der Waals surface area contributed by atoms with Crippen molar-refractivity contribution in [2.24, 2.45) is 5.92 Å². The number of carbonyl (C=O) groups is 1. The smallest absolute Gasteiger partial charge is 0.254 e. The lowest BCUT2D eigenvalue weighted by atomic mass is 10.0. The average Bonchev–Trinajstić information content (AvgIpc) is 3.13. The molecule has 6 nitrogen and oxygen atoms in total. The molecule has 2 heterocycles. The summed E-state index contributed by atoms with van der Waals surface area (Å²) in [5, 5.41) is 7.60. The number of amides is 1. The number of para-hydroxylation sites is 1. The zero-order chi connectivity index (χ0) is 19.2. The Kier molecular flexibility index (Phi) is 6.63. The first-order valence-electron chi connectivity index (χ1n) is 9.84. The van der Waals surface area contributed by atoms with Crippen LogP contribution in [0.15, 0.2) is 36.5 Å². The van der Waals surface area contributed by atoms with E-state index in [9.17, 15) is 4.79 Å². The van der Waals surface area contributed by atoms with Gasteiger partial charge in [0, 0.05) is 25.7 Å². The molecule has 0 radical (unpaired) electrons. The van der Waals surface area contributed by atoms with E-state index in [1.165, 1.54) is 0 Å². The monoisotopic (exact) mass is 370 g/mol. The Morgan fingerprint density at radius 1 is 1.22 bits per heavy atom. The van der Waals surface area contributed by atoms with Gasteiger partial charge in [-0.25, -0.2) is 4.68 Å². The topological polar surface area (TPSA) is 59.4 Å². The molecule has 27 heavy (non-hydrogen) atoms. The molecule has 1 aromatic heterocycles. The van der Waals surface area contributed by atoms with Gasteiger partial charge in [-0.1, -0.05) is 39.0 Å². The minimum Gasteiger partial charge on any atom is -0.379 e. The Morgan fingerprint density at radius 2 is 1.93 bits per heavy atom. The number of rotatable bonds is 7. The third-order valence-corrected chi connectivity index (χ3v) is 5.21. The predicted octanol–water partition coefficient (Wildman–Crippen LogP) is 2.52. The van der Waals surface area contributed by atoms with Crippen LogP contribution < -0.4 is 5.32 Å². The van der Waals surface area contributed by atoms with Crippen molar-refractivity contribution in [2.45, 2.75) is 33.2 Å². The molecule has 3 rings (SSSR count). The van der Waals surface area contributed by atoms with Gasteiger partial charge in [-0.3, -0.25) is 9.69 Å². The zero-order valence-electron chi connectivity index (χ0n) is 16.5. The molecule has 0 saturated carbocycles. The molecule has 6 heteroatoms. The number of morpholine rings is 1. The molecule has 1 aliphatic heterocycles. The largest absolute Gasteiger partial charge is 0.379 e. The van der Waals surface area contributed by atoms with Crippen LogP contribution in [0.3, 0.4) is 0 Å². The lowest BCUT2D eigenvalue weighted by molar-refractivity contribution is 0.00672. The minimum atomic E-state index is -0.0482. The maximum atomic E-state index is 12.9. The van der Waals surface area contributed by atoms with Crippen molar-refractivity contribution >= 4 is 5.91 Å². The molecule has 2 aromatic rings. The molecular formula is C21H30N4O2. The second kappa shape index (κ2) is 9.15. The summed E-state index contributed by atoms with van der Waals surface area (Å²) in [4.78, 5) is 15.3. The molecule has 1 amide bonds. The summed E-state index contributed by atoms with van der Waals surface area (Å²) < 4.78 is 7.32. The molecule has 1 N–H and O–H groups in total. The molecule has 1 aromatic carbocycles. The summed E-state index contributed by atoms with van der Waals surface area (Å²) in [5.41, 5.74) is 2.57. The first-order valence-corrected chi connectivity index (χ1v) is 9.84. The lowest BCUT2D eigenvalue weighted by Gasteiger charge is -2.36. The van der Waals surface area contributed by atoms with Gasteiger partial charge in [-0.05, 0) is 24.5 Å². The molecule has 0 spiro atoms. The fourth-order valence-electron chi connectivity index (χ4n) is 3.68. The van der Waals surface area contributed by atoms with Crippen LogP contribution in [0.5, 0.6) is 0 Å². The summed E-state index contributed by atoms with van der Waals surface area (Å²) in [7, 11) is 0. The highest BCUT2D eigenvalue weighted by Gasteiger charge is 2.25. The molecule has 146 valence electrons. The fraction of sp³-hybridized carbons (Fsp3) is 0.524. The number of nitrogens with one attached hydrogen (secondary N) is 1. The van der Waals surface area contributed by atoms with Gasteiger partial charge in [0.25, 0.3) is 5.91 Å². The van der Waals surface area contributed by atoms with Gasteiger partial charge in [0.05, 0.1) is 36.4 Å². The highest BCUT2D eigenvalue weighted by atomic mass is 16.5. The normalized spacial score (nSPS) is 16.4. The predicted molar refractivity (Wildman–Crippen MR) is 106 cm³/mol. The number of benzene rings is 1. The van der Waals surface area contributed by atoms with Crippen LogP contribution in [0.1, 0.15) is 36.8 Å². The fourth-order valence-corrected chi connectivity index (χ4v) is 3.68. The van der Waals surface area contributed by atoms with Gasteiger partial charge >= 0.3 is 0 Å². The van der Waals surface area contributed by atoms with E-state index in [2.05, 4.69) is 36.1 Å². The number of ether oxygens (including phenoxy) is 1. The van der Waals surface area contributed by atoms with E-state index >= 15 is 0 Å². The molecule has 1 fully saturated rings. The minimum absolute atomic E-state index is 0.0482. The van der Waals surface area contributed by atoms with E-state index < -0.39 is 0 Å². The Bertz CT molecular complexity index is 736. The average molecular weight is 370 g/mol. The first-order chi connectivity index (χ1) is 13.1. The van der Waals surface area contributed by atoms with Crippen LogP contribution >= 0.6 is 0 Å². The number of hydrogen-bond acceptors (Lipinski definition) is 4. The van der Waals surface area contributed by atoms with E-state index in [0.717, 1.165) is 44.1 Å². The van der Waals surface area contributed by atoms with E-state index in [-0.39, 0.29) is 5.91 Å². The van der Waals surface area contributed by atoms with Crippen LogP contribution in [0.4, 0.5) is 0 Å². The summed E-state index contributed by atoms with van der Waals surface area (Å²) in [6.07, 6.45) is 2.43. The summed E-state index contributed by atoms with van der Waals surface area (Å²) >= 11 is 0. The van der Waals surface area contributed by atoms with Gasteiger partial charge in [0.15, 0.2) is 0 Å². The first kappa shape index (κ1) is 19.6. The van der Waals surface area contributed by atoms with Gasteiger partial charge in [0.2, 0.25) is 0 Å². The van der Waals surface area contributed by atoms with E-state index in [1.807, 2.05) is 35.0 Å². The molecule has 0 bridgehead atoms. The number of carbonyl (C=O) groups excluding carboxylic acids is 1. The number of hydrogen-bond donors (Lipinski definition) is 1. The van der Waals surface area contributed by atoms with E-state index in [4.69, 9.17) is 4.74 Å². The maximum absolute atomic E-state index is 12.9. The summed E-state index contributed by atoms with van der Waals surface area (Å²) in [6.45, 7) is 10.5.